The Morgan fingerprint density at radius 2 is 2.50 bits per heavy atom. The van der Waals surface area contributed by atoms with Crippen LogP contribution in [0.4, 0.5) is 0 Å². The Morgan fingerprint density at radius 1 is 1.60 bits per heavy atom. The normalized spacial score (nSPS) is 45.9. The topological polar surface area (TPSA) is 24.1 Å². The van der Waals surface area contributed by atoms with Crippen LogP contribution in [0.25, 0.3) is 0 Å². The molecule has 0 radical (unpaired) electrons. The molecule has 2 fully saturated rings. The van der Waals surface area contributed by atoms with E-state index < -0.39 is 0 Å². The van der Waals surface area contributed by atoms with E-state index >= 15 is 0 Å². The first-order valence-electron chi connectivity index (χ1n) is 4.33. The highest BCUT2D eigenvalue weighted by Crippen LogP contribution is 2.28. The summed E-state index contributed by atoms with van der Waals surface area (Å²) in [6.07, 6.45) is 4.03. The summed E-state index contributed by atoms with van der Waals surface area (Å²) >= 11 is 0. The first-order valence-corrected chi connectivity index (χ1v) is 4.33. The van der Waals surface area contributed by atoms with Crippen molar-refractivity contribution in [1.82, 2.24) is 10.6 Å². The third kappa shape index (κ3) is 0.867. The molecular formula is C8H16N2. The molecule has 2 heteroatoms. The van der Waals surface area contributed by atoms with E-state index in [1.807, 2.05) is 0 Å². The first kappa shape index (κ1) is 6.62. The van der Waals surface area contributed by atoms with Gasteiger partial charge in [0.25, 0.3) is 0 Å². The molecule has 0 spiro atoms. The standard InChI is InChI=1S/C8H16N2/c1-2-8-4-3-7(10-8)5-9-6-8/h7,9-10H,2-6H2,1H3. The Bertz CT molecular complexity index is 131. The van der Waals surface area contributed by atoms with E-state index in [4.69, 9.17) is 0 Å². The van der Waals surface area contributed by atoms with Crippen LogP contribution >= 0.6 is 0 Å². The Hall–Kier alpha value is -0.0800. The van der Waals surface area contributed by atoms with Gasteiger partial charge in [-0.3, -0.25) is 0 Å². The zero-order chi connectivity index (χ0) is 7.03. The highest BCUT2D eigenvalue weighted by molar-refractivity contribution is 5.02. The quantitative estimate of drug-likeness (QED) is 0.554. The molecule has 2 unspecified atom stereocenters. The van der Waals surface area contributed by atoms with Crippen LogP contribution in [0.5, 0.6) is 0 Å². The minimum Gasteiger partial charge on any atom is -0.313 e. The van der Waals surface area contributed by atoms with Crippen LogP contribution in [0, 0.1) is 0 Å². The number of piperazine rings is 1. The largest absolute Gasteiger partial charge is 0.313 e. The number of rotatable bonds is 1. The van der Waals surface area contributed by atoms with Crippen molar-refractivity contribution in [2.24, 2.45) is 0 Å². The second-order valence-corrected chi connectivity index (χ2v) is 3.64. The molecule has 2 heterocycles. The van der Waals surface area contributed by atoms with Crippen molar-refractivity contribution in [3.05, 3.63) is 0 Å². The SMILES string of the molecule is CCC12CCC(CNC1)N2. The van der Waals surface area contributed by atoms with Gasteiger partial charge in [0.1, 0.15) is 0 Å². The molecule has 0 amide bonds. The van der Waals surface area contributed by atoms with Gasteiger partial charge < -0.3 is 10.6 Å². The minimum atomic E-state index is 0.475. The van der Waals surface area contributed by atoms with Crippen LogP contribution in [0.2, 0.25) is 0 Å². The average Bonchev–Trinajstić information content (AvgIpc) is 2.29. The first-order chi connectivity index (χ1) is 4.85. The zero-order valence-corrected chi connectivity index (χ0v) is 6.61. The van der Waals surface area contributed by atoms with Crippen molar-refractivity contribution in [1.29, 1.82) is 0 Å². The average molecular weight is 140 g/mol. The lowest BCUT2D eigenvalue weighted by atomic mass is 9.94. The summed E-state index contributed by atoms with van der Waals surface area (Å²) in [4.78, 5) is 0. The molecule has 0 aromatic heterocycles. The molecule has 2 aliphatic rings. The van der Waals surface area contributed by atoms with Gasteiger partial charge in [0.05, 0.1) is 0 Å². The summed E-state index contributed by atoms with van der Waals surface area (Å²) in [6, 6.07) is 0.772. The van der Waals surface area contributed by atoms with Crippen molar-refractivity contribution in [3.8, 4) is 0 Å². The summed E-state index contributed by atoms with van der Waals surface area (Å²) in [5.41, 5.74) is 0.475. The number of nitrogens with one attached hydrogen (secondary N) is 2. The van der Waals surface area contributed by atoms with Gasteiger partial charge in [0.15, 0.2) is 0 Å². The fourth-order valence-corrected chi connectivity index (χ4v) is 2.21. The van der Waals surface area contributed by atoms with Crippen molar-refractivity contribution < 1.29 is 0 Å². The third-order valence-electron chi connectivity index (χ3n) is 3.01. The van der Waals surface area contributed by atoms with Crippen molar-refractivity contribution in [2.45, 2.75) is 37.8 Å². The van der Waals surface area contributed by atoms with Crippen molar-refractivity contribution >= 4 is 0 Å². The Balaban J connectivity index is 2.10. The van der Waals surface area contributed by atoms with Crippen molar-refractivity contribution in [2.75, 3.05) is 13.1 Å². The van der Waals surface area contributed by atoms with E-state index in [9.17, 15) is 0 Å². The maximum absolute atomic E-state index is 3.69. The molecule has 2 atom stereocenters. The lowest BCUT2D eigenvalue weighted by Crippen LogP contribution is -2.57. The second kappa shape index (κ2) is 2.21. The summed E-state index contributed by atoms with van der Waals surface area (Å²) < 4.78 is 0. The van der Waals surface area contributed by atoms with Gasteiger partial charge >= 0.3 is 0 Å². The van der Waals surface area contributed by atoms with Gasteiger partial charge in [-0.05, 0) is 19.3 Å². The third-order valence-corrected chi connectivity index (χ3v) is 3.01. The lowest BCUT2D eigenvalue weighted by molar-refractivity contribution is 0.286. The number of hydrogen-bond donors (Lipinski definition) is 2. The summed E-state index contributed by atoms with van der Waals surface area (Å²) in [5, 5.41) is 7.17. The van der Waals surface area contributed by atoms with Crippen LogP contribution in [0.3, 0.4) is 0 Å². The fraction of sp³-hybridized carbons (Fsp3) is 1.00. The number of fused-ring (bicyclic) bond motifs is 2. The zero-order valence-electron chi connectivity index (χ0n) is 6.61. The maximum Gasteiger partial charge on any atom is 0.0307 e. The molecule has 58 valence electrons. The Labute approximate surface area is 62.4 Å². The maximum atomic E-state index is 3.69. The van der Waals surface area contributed by atoms with Gasteiger partial charge in [-0.15, -0.1) is 0 Å². The predicted octanol–water partition coefficient (Wildman–Crippen LogP) is 0.490. The fourth-order valence-electron chi connectivity index (χ4n) is 2.21. The van der Waals surface area contributed by atoms with Crippen LogP contribution in [0.15, 0.2) is 0 Å². The van der Waals surface area contributed by atoms with Crippen LogP contribution in [-0.2, 0) is 0 Å². The van der Waals surface area contributed by atoms with E-state index in [-0.39, 0.29) is 0 Å². The Morgan fingerprint density at radius 3 is 3.20 bits per heavy atom. The van der Waals surface area contributed by atoms with Gasteiger partial charge in [-0.25, -0.2) is 0 Å². The van der Waals surface area contributed by atoms with Gasteiger partial charge in [0.2, 0.25) is 0 Å². The number of hydrogen-bond acceptors (Lipinski definition) is 2. The van der Waals surface area contributed by atoms with Gasteiger partial charge in [0, 0.05) is 24.7 Å². The molecule has 0 aromatic carbocycles. The molecule has 2 aliphatic heterocycles. The molecule has 2 nitrogen and oxygen atoms in total. The van der Waals surface area contributed by atoms with E-state index in [0.717, 1.165) is 6.04 Å². The van der Waals surface area contributed by atoms with Gasteiger partial charge in [-0.1, -0.05) is 6.92 Å². The Kier molecular flexibility index (Phi) is 1.46. The molecule has 0 aliphatic carbocycles. The lowest BCUT2D eigenvalue weighted by Gasteiger charge is -2.34. The summed E-state index contributed by atoms with van der Waals surface area (Å²) in [6.45, 7) is 4.64. The molecule has 2 rings (SSSR count). The van der Waals surface area contributed by atoms with E-state index in [2.05, 4.69) is 17.6 Å². The highest BCUT2D eigenvalue weighted by Gasteiger charge is 2.39. The molecule has 0 saturated carbocycles. The van der Waals surface area contributed by atoms with Crippen LogP contribution < -0.4 is 10.6 Å². The molecule has 2 N–H and O–H groups in total. The van der Waals surface area contributed by atoms with Gasteiger partial charge in [-0.2, -0.15) is 0 Å². The van der Waals surface area contributed by atoms with Crippen molar-refractivity contribution in [3.63, 3.8) is 0 Å². The second-order valence-electron chi connectivity index (χ2n) is 3.64. The molecule has 2 saturated heterocycles. The predicted molar refractivity (Wildman–Crippen MR) is 42.0 cm³/mol. The molecular weight excluding hydrogens is 124 g/mol. The smallest absolute Gasteiger partial charge is 0.0307 e. The van der Waals surface area contributed by atoms with E-state index in [1.165, 1.54) is 32.4 Å². The monoisotopic (exact) mass is 140 g/mol. The minimum absolute atomic E-state index is 0.475. The van der Waals surface area contributed by atoms with E-state index in [1.54, 1.807) is 0 Å². The highest BCUT2D eigenvalue weighted by atomic mass is 15.2. The van der Waals surface area contributed by atoms with E-state index in [0.29, 0.717) is 5.54 Å². The summed E-state index contributed by atoms with van der Waals surface area (Å²) in [5.74, 6) is 0. The van der Waals surface area contributed by atoms with Crippen LogP contribution in [-0.4, -0.2) is 24.7 Å². The molecule has 10 heavy (non-hydrogen) atoms. The molecule has 2 bridgehead atoms. The van der Waals surface area contributed by atoms with Crippen LogP contribution in [0.1, 0.15) is 26.2 Å². The molecule has 0 aromatic rings. The summed E-state index contributed by atoms with van der Waals surface area (Å²) in [7, 11) is 0.